The van der Waals surface area contributed by atoms with Crippen LogP contribution in [0, 0.1) is 0 Å². The molecule has 0 aromatic carbocycles. The lowest BCUT2D eigenvalue weighted by Crippen LogP contribution is -2.17. The molecule has 0 N–H and O–H groups in total. The van der Waals surface area contributed by atoms with Crippen molar-refractivity contribution in [3.8, 4) is 0 Å². The van der Waals surface area contributed by atoms with Crippen LogP contribution in [-0.4, -0.2) is 24.6 Å². The molecule has 0 radical (unpaired) electrons. The van der Waals surface area contributed by atoms with Crippen LogP contribution in [0.2, 0.25) is 0 Å². The van der Waals surface area contributed by atoms with E-state index in [9.17, 15) is 9.59 Å². The zero-order valence-corrected chi connectivity index (χ0v) is 21.1. The second-order valence-electron chi connectivity index (χ2n) is 9.01. The summed E-state index contributed by atoms with van der Waals surface area (Å²) < 4.78 is 10.9. The Bertz CT molecular complexity index is 402. The predicted molar refractivity (Wildman–Crippen MR) is 130 cm³/mol. The molecular formula is C27H52O4. The molecule has 0 rings (SSSR count). The molecule has 0 heterocycles. The molecule has 4 heteroatoms. The average Bonchev–Trinajstić information content (AvgIpc) is 2.75. The van der Waals surface area contributed by atoms with E-state index in [1.165, 1.54) is 64.2 Å². The van der Waals surface area contributed by atoms with E-state index in [1.807, 2.05) is 0 Å². The van der Waals surface area contributed by atoms with Gasteiger partial charge in [-0.25, -0.2) is 0 Å². The Balaban J connectivity index is 3.42. The third-order valence-electron chi connectivity index (χ3n) is 5.79. The number of hydrogen-bond donors (Lipinski definition) is 0. The Morgan fingerprint density at radius 3 is 1.48 bits per heavy atom. The topological polar surface area (TPSA) is 52.6 Å². The van der Waals surface area contributed by atoms with Crippen LogP contribution in [0.5, 0.6) is 0 Å². The molecule has 0 fully saturated rings. The molecule has 31 heavy (non-hydrogen) atoms. The number of ether oxygens (including phenoxy) is 2. The zero-order valence-electron chi connectivity index (χ0n) is 21.1. The van der Waals surface area contributed by atoms with Gasteiger partial charge in [-0.05, 0) is 32.1 Å². The van der Waals surface area contributed by atoms with Crippen LogP contribution in [0.3, 0.4) is 0 Å². The summed E-state index contributed by atoms with van der Waals surface area (Å²) in [7, 11) is 0. The average molecular weight is 441 g/mol. The van der Waals surface area contributed by atoms with Crippen LogP contribution in [0.15, 0.2) is 0 Å². The lowest BCUT2D eigenvalue weighted by Gasteiger charge is -2.16. The minimum absolute atomic E-state index is 0.0583. The number of carbonyl (C=O) groups is 2. The number of hydrogen-bond acceptors (Lipinski definition) is 4. The molecule has 0 aromatic heterocycles. The maximum absolute atomic E-state index is 11.9. The molecule has 4 nitrogen and oxygen atoms in total. The summed E-state index contributed by atoms with van der Waals surface area (Å²) in [6.07, 6.45) is 21.8. The van der Waals surface area contributed by atoms with Crippen LogP contribution < -0.4 is 0 Å². The quantitative estimate of drug-likeness (QED) is 0.118. The molecule has 184 valence electrons. The van der Waals surface area contributed by atoms with Gasteiger partial charge in [0.05, 0.1) is 6.61 Å². The third-order valence-corrected chi connectivity index (χ3v) is 5.79. The first-order chi connectivity index (χ1) is 15.1. The SMILES string of the molecule is CCCCCCCCCCCCCCOC(=O)CCCCC(=O)OC(CCC)CCC. The normalized spacial score (nSPS) is 11.1. The first kappa shape index (κ1) is 29.9. The summed E-state index contributed by atoms with van der Waals surface area (Å²) >= 11 is 0. The van der Waals surface area contributed by atoms with Crippen molar-refractivity contribution in [3.05, 3.63) is 0 Å². The molecule has 0 unspecified atom stereocenters. The van der Waals surface area contributed by atoms with Crippen molar-refractivity contribution >= 4 is 11.9 Å². The van der Waals surface area contributed by atoms with Crippen molar-refractivity contribution in [2.75, 3.05) is 6.61 Å². The van der Waals surface area contributed by atoms with Gasteiger partial charge in [0, 0.05) is 12.8 Å². The van der Waals surface area contributed by atoms with E-state index < -0.39 is 0 Å². The van der Waals surface area contributed by atoms with Gasteiger partial charge in [-0.15, -0.1) is 0 Å². The van der Waals surface area contributed by atoms with Crippen LogP contribution in [-0.2, 0) is 19.1 Å². The maximum Gasteiger partial charge on any atom is 0.306 e. The minimum atomic E-state index is -0.133. The lowest BCUT2D eigenvalue weighted by molar-refractivity contribution is -0.150. The van der Waals surface area contributed by atoms with E-state index in [0.717, 1.165) is 38.5 Å². The van der Waals surface area contributed by atoms with Gasteiger partial charge in [0.15, 0.2) is 0 Å². The van der Waals surface area contributed by atoms with Gasteiger partial charge in [-0.3, -0.25) is 9.59 Å². The van der Waals surface area contributed by atoms with Gasteiger partial charge in [-0.2, -0.15) is 0 Å². The van der Waals surface area contributed by atoms with E-state index in [1.54, 1.807) is 0 Å². The van der Waals surface area contributed by atoms with Crippen LogP contribution in [0.1, 0.15) is 149 Å². The monoisotopic (exact) mass is 440 g/mol. The second-order valence-corrected chi connectivity index (χ2v) is 9.01. The third kappa shape index (κ3) is 21.9. The fourth-order valence-electron chi connectivity index (χ4n) is 3.89. The van der Waals surface area contributed by atoms with Crippen molar-refractivity contribution in [1.82, 2.24) is 0 Å². The van der Waals surface area contributed by atoms with Gasteiger partial charge in [0.25, 0.3) is 0 Å². The zero-order chi connectivity index (χ0) is 23.0. The highest BCUT2D eigenvalue weighted by molar-refractivity contribution is 5.70. The first-order valence-electron chi connectivity index (χ1n) is 13.5. The molecule has 0 saturated heterocycles. The van der Waals surface area contributed by atoms with Gasteiger partial charge < -0.3 is 9.47 Å². The Morgan fingerprint density at radius 2 is 1.00 bits per heavy atom. The summed E-state index contributed by atoms with van der Waals surface area (Å²) in [5.74, 6) is -0.261. The fraction of sp³-hybridized carbons (Fsp3) is 0.926. The number of rotatable bonds is 23. The highest BCUT2D eigenvalue weighted by Gasteiger charge is 2.13. The van der Waals surface area contributed by atoms with Gasteiger partial charge in [0.1, 0.15) is 6.10 Å². The van der Waals surface area contributed by atoms with Crippen LogP contribution in [0.4, 0.5) is 0 Å². The van der Waals surface area contributed by atoms with Crippen LogP contribution >= 0.6 is 0 Å². The molecular weight excluding hydrogens is 388 g/mol. The van der Waals surface area contributed by atoms with E-state index in [0.29, 0.717) is 32.3 Å². The summed E-state index contributed by atoms with van der Waals surface area (Å²) in [5.41, 5.74) is 0. The second kappa shape index (κ2) is 23.6. The Hall–Kier alpha value is -1.06. The molecule has 0 spiro atoms. The summed E-state index contributed by atoms with van der Waals surface area (Å²) in [6, 6.07) is 0. The Kier molecular flexibility index (Phi) is 22.8. The number of carbonyl (C=O) groups excluding carboxylic acids is 2. The van der Waals surface area contributed by atoms with Crippen LogP contribution in [0.25, 0.3) is 0 Å². The lowest BCUT2D eigenvalue weighted by atomic mass is 10.1. The maximum atomic E-state index is 11.9. The Morgan fingerprint density at radius 1 is 0.548 bits per heavy atom. The van der Waals surface area contributed by atoms with Crippen molar-refractivity contribution in [3.63, 3.8) is 0 Å². The first-order valence-corrected chi connectivity index (χ1v) is 13.5. The molecule has 0 bridgehead atoms. The predicted octanol–water partition coefficient (Wildman–Crippen LogP) is 8.30. The van der Waals surface area contributed by atoms with E-state index in [4.69, 9.17) is 9.47 Å². The molecule has 0 saturated carbocycles. The minimum Gasteiger partial charge on any atom is -0.466 e. The molecule has 0 aliphatic rings. The number of unbranched alkanes of at least 4 members (excludes halogenated alkanes) is 12. The van der Waals surface area contributed by atoms with E-state index in [-0.39, 0.29) is 18.0 Å². The number of esters is 2. The highest BCUT2D eigenvalue weighted by atomic mass is 16.5. The summed E-state index contributed by atoms with van der Waals surface area (Å²) in [6.45, 7) is 7.02. The summed E-state index contributed by atoms with van der Waals surface area (Å²) in [5, 5.41) is 0. The summed E-state index contributed by atoms with van der Waals surface area (Å²) in [4.78, 5) is 23.7. The van der Waals surface area contributed by atoms with Crippen molar-refractivity contribution in [1.29, 1.82) is 0 Å². The Labute approximate surface area is 193 Å². The van der Waals surface area contributed by atoms with Gasteiger partial charge >= 0.3 is 11.9 Å². The van der Waals surface area contributed by atoms with Crippen molar-refractivity contribution < 1.29 is 19.1 Å². The van der Waals surface area contributed by atoms with Crippen molar-refractivity contribution in [2.45, 2.75) is 155 Å². The van der Waals surface area contributed by atoms with E-state index in [2.05, 4.69) is 20.8 Å². The van der Waals surface area contributed by atoms with Gasteiger partial charge in [-0.1, -0.05) is 104 Å². The van der Waals surface area contributed by atoms with Gasteiger partial charge in [0.2, 0.25) is 0 Å². The molecule has 0 aliphatic heterocycles. The highest BCUT2D eigenvalue weighted by Crippen LogP contribution is 2.13. The fourth-order valence-corrected chi connectivity index (χ4v) is 3.89. The molecule has 0 aliphatic carbocycles. The smallest absolute Gasteiger partial charge is 0.306 e. The van der Waals surface area contributed by atoms with Crippen molar-refractivity contribution in [2.24, 2.45) is 0 Å². The van der Waals surface area contributed by atoms with E-state index >= 15 is 0 Å². The standard InChI is InChI=1S/C27H52O4/c1-4-7-8-9-10-11-12-13-14-15-16-19-24-30-26(28)22-17-18-23-27(29)31-25(20-5-2)21-6-3/h25H,4-24H2,1-3H3. The molecule has 0 atom stereocenters. The largest absolute Gasteiger partial charge is 0.466 e. The molecule has 0 amide bonds. The molecule has 0 aromatic rings.